The summed E-state index contributed by atoms with van der Waals surface area (Å²) in [6, 6.07) is 21.1. The number of carbonyl (C=O) groups excluding carboxylic acids is 2. The number of esters is 1. The normalized spacial score (nSPS) is 13.7. The highest BCUT2D eigenvalue weighted by molar-refractivity contribution is 6.07. The van der Waals surface area contributed by atoms with E-state index in [2.05, 4.69) is 5.32 Å². The lowest BCUT2D eigenvalue weighted by Gasteiger charge is -2.12. The number of amides is 1. The van der Waals surface area contributed by atoms with Crippen LogP contribution >= 0.6 is 0 Å². The second-order valence-corrected chi connectivity index (χ2v) is 8.18. The van der Waals surface area contributed by atoms with E-state index >= 15 is 0 Å². The lowest BCUT2D eigenvalue weighted by atomic mass is 10.0. The Hall–Kier alpha value is -4.19. The molecule has 2 heterocycles. The number of furan rings is 1. The molecule has 1 N–H and O–H groups in total. The highest BCUT2D eigenvalue weighted by atomic mass is 16.5. The van der Waals surface area contributed by atoms with E-state index in [-0.39, 0.29) is 12.5 Å². The Bertz CT molecular complexity index is 1360. The van der Waals surface area contributed by atoms with E-state index in [4.69, 9.17) is 14.1 Å². The quantitative estimate of drug-likeness (QED) is 0.406. The Morgan fingerprint density at radius 3 is 2.65 bits per heavy atom. The lowest BCUT2D eigenvalue weighted by Crippen LogP contribution is -2.30. The van der Waals surface area contributed by atoms with E-state index in [1.54, 1.807) is 6.26 Å². The van der Waals surface area contributed by atoms with Gasteiger partial charge in [-0.25, -0.2) is 9.78 Å². The van der Waals surface area contributed by atoms with E-state index in [9.17, 15) is 9.59 Å². The van der Waals surface area contributed by atoms with Crippen molar-refractivity contribution in [3.8, 4) is 0 Å². The van der Waals surface area contributed by atoms with Gasteiger partial charge in [-0.05, 0) is 60.2 Å². The second-order valence-electron chi connectivity index (χ2n) is 8.18. The van der Waals surface area contributed by atoms with Crippen LogP contribution in [-0.4, -0.2) is 30.0 Å². The predicted molar refractivity (Wildman–Crippen MR) is 130 cm³/mol. The first-order chi connectivity index (χ1) is 16.7. The molecular formula is C28H24N2O4. The monoisotopic (exact) mass is 452 g/mol. The zero-order chi connectivity index (χ0) is 23.3. The lowest BCUT2D eigenvalue weighted by molar-refractivity contribution is -0.124. The molecule has 0 bridgehead atoms. The second kappa shape index (κ2) is 9.75. The summed E-state index contributed by atoms with van der Waals surface area (Å²) in [5.41, 5.74) is 4.99. The molecule has 0 spiro atoms. The van der Waals surface area contributed by atoms with Crippen LogP contribution in [0.5, 0.6) is 0 Å². The van der Waals surface area contributed by atoms with Crippen LogP contribution in [0.4, 0.5) is 0 Å². The summed E-state index contributed by atoms with van der Waals surface area (Å²) in [6.45, 7) is 0.156. The van der Waals surface area contributed by atoms with E-state index in [0.29, 0.717) is 30.5 Å². The van der Waals surface area contributed by atoms with Gasteiger partial charge in [0.2, 0.25) is 0 Å². The number of carbonyl (C=O) groups is 2. The number of pyridine rings is 1. The number of nitrogens with zero attached hydrogens (tertiary/aromatic N) is 1. The zero-order valence-electron chi connectivity index (χ0n) is 18.6. The molecule has 34 heavy (non-hydrogen) atoms. The van der Waals surface area contributed by atoms with Gasteiger partial charge in [0.1, 0.15) is 5.76 Å². The minimum Gasteiger partial charge on any atom is -0.465 e. The first-order valence-corrected chi connectivity index (χ1v) is 11.3. The van der Waals surface area contributed by atoms with Crippen molar-refractivity contribution in [2.75, 3.05) is 13.2 Å². The summed E-state index contributed by atoms with van der Waals surface area (Å²) in [4.78, 5) is 30.3. The number of nitrogens with one attached hydrogen (secondary N) is 1. The van der Waals surface area contributed by atoms with Crippen molar-refractivity contribution < 1.29 is 18.7 Å². The zero-order valence-corrected chi connectivity index (χ0v) is 18.6. The summed E-state index contributed by atoms with van der Waals surface area (Å²) >= 11 is 0. The van der Waals surface area contributed by atoms with Gasteiger partial charge in [-0.2, -0.15) is 0 Å². The van der Waals surface area contributed by atoms with Crippen LogP contribution in [0, 0.1) is 0 Å². The van der Waals surface area contributed by atoms with Crippen LogP contribution in [0.2, 0.25) is 0 Å². The van der Waals surface area contributed by atoms with Crippen LogP contribution < -0.4 is 5.32 Å². The Morgan fingerprint density at radius 1 is 1.00 bits per heavy atom. The maximum Gasteiger partial charge on any atom is 0.339 e. The van der Waals surface area contributed by atoms with Crippen LogP contribution in [0.3, 0.4) is 0 Å². The number of fused-ring (bicyclic) bond motifs is 2. The molecule has 0 radical (unpaired) electrons. The Balaban J connectivity index is 1.33. The SMILES string of the molecule is O=C(COC(=O)c1c2c(nc3ccccc13)/C(=C/c1ccco1)CC2)NCCc1ccccc1. The smallest absolute Gasteiger partial charge is 0.339 e. The molecule has 5 rings (SSSR count). The molecule has 2 aromatic heterocycles. The number of para-hydroxylation sites is 1. The van der Waals surface area contributed by atoms with Crippen molar-refractivity contribution in [3.05, 3.63) is 101 Å². The largest absolute Gasteiger partial charge is 0.465 e. The van der Waals surface area contributed by atoms with Gasteiger partial charge in [0.05, 0.1) is 23.0 Å². The third-order valence-electron chi connectivity index (χ3n) is 5.92. The molecule has 0 atom stereocenters. The Kier molecular flexibility index (Phi) is 6.21. The summed E-state index contributed by atoms with van der Waals surface area (Å²) in [5.74, 6) is -0.0842. The fraction of sp³-hybridized carbons (Fsp3) is 0.179. The van der Waals surface area contributed by atoms with Crippen LogP contribution in [0.25, 0.3) is 22.6 Å². The minimum atomic E-state index is -0.507. The predicted octanol–water partition coefficient (Wildman–Crippen LogP) is 4.83. The molecule has 0 saturated carbocycles. The van der Waals surface area contributed by atoms with E-state index < -0.39 is 5.97 Å². The van der Waals surface area contributed by atoms with Gasteiger partial charge in [-0.15, -0.1) is 0 Å². The summed E-state index contributed by atoms with van der Waals surface area (Å²) in [7, 11) is 0. The van der Waals surface area contributed by atoms with Crippen molar-refractivity contribution in [2.24, 2.45) is 0 Å². The van der Waals surface area contributed by atoms with Crippen molar-refractivity contribution in [1.29, 1.82) is 0 Å². The molecular weight excluding hydrogens is 428 g/mol. The number of ether oxygens (including phenoxy) is 1. The van der Waals surface area contributed by atoms with E-state index in [1.807, 2.05) is 72.8 Å². The molecule has 6 heteroatoms. The maximum absolute atomic E-state index is 13.2. The number of hydrogen-bond donors (Lipinski definition) is 1. The van der Waals surface area contributed by atoms with Gasteiger partial charge in [0, 0.05) is 11.9 Å². The number of aromatic nitrogens is 1. The molecule has 6 nitrogen and oxygen atoms in total. The third-order valence-corrected chi connectivity index (χ3v) is 5.92. The highest BCUT2D eigenvalue weighted by Crippen LogP contribution is 2.37. The van der Waals surface area contributed by atoms with Gasteiger partial charge in [0.15, 0.2) is 6.61 Å². The molecule has 170 valence electrons. The van der Waals surface area contributed by atoms with Gasteiger partial charge in [0.25, 0.3) is 5.91 Å². The molecule has 0 fully saturated rings. The van der Waals surface area contributed by atoms with Crippen molar-refractivity contribution >= 4 is 34.4 Å². The fourth-order valence-electron chi connectivity index (χ4n) is 4.30. The third kappa shape index (κ3) is 4.62. The van der Waals surface area contributed by atoms with Crippen molar-refractivity contribution in [1.82, 2.24) is 10.3 Å². The van der Waals surface area contributed by atoms with Gasteiger partial charge < -0.3 is 14.5 Å². The molecule has 0 unspecified atom stereocenters. The number of rotatable bonds is 7. The Morgan fingerprint density at radius 2 is 1.82 bits per heavy atom. The molecule has 1 aliphatic carbocycles. The van der Waals surface area contributed by atoms with Crippen molar-refractivity contribution in [3.63, 3.8) is 0 Å². The molecule has 0 saturated heterocycles. The summed E-state index contributed by atoms with van der Waals surface area (Å²) in [5, 5.41) is 3.54. The maximum atomic E-state index is 13.2. The fourth-order valence-corrected chi connectivity index (χ4v) is 4.30. The molecule has 2 aromatic carbocycles. The highest BCUT2D eigenvalue weighted by Gasteiger charge is 2.28. The first-order valence-electron chi connectivity index (χ1n) is 11.3. The molecule has 0 aliphatic heterocycles. The number of hydrogen-bond acceptors (Lipinski definition) is 5. The number of benzene rings is 2. The van der Waals surface area contributed by atoms with Gasteiger partial charge in [-0.3, -0.25) is 4.79 Å². The Labute approximate surface area is 197 Å². The minimum absolute atomic E-state index is 0.322. The average molecular weight is 453 g/mol. The molecule has 1 amide bonds. The van der Waals surface area contributed by atoms with Crippen LogP contribution in [0.15, 0.2) is 77.4 Å². The van der Waals surface area contributed by atoms with Gasteiger partial charge in [-0.1, -0.05) is 48.5 Å². The van der Waals surface area contributed by atoms with E-state index in [1.165, 1.54) is 0 Å². The molecule has 1 aliphatic rings. The van der Waals surface area contributed by atoms with Crippen molar-refractivity contribution in [2.45, 2.75) is 19.3 Å². The van der Waals surface area contributed by atoms with E-state index in [0.717, 1.165) is 40.0 Å². The first kappa shape index (κ1) is 21.6. The standard InChI is InChI=1S/C28H24N2O4/c31-25(29-15-14-19-7-2-1-3-8-19)18-34-28(32)26-22-10-4-5-11-24(22)30-27-20(12-13-23(26)27)17-21-9-6-16-33-21/h1-11,16-17H,12-15,18H2,(H,29,31)/b20-17+. The summed E-state index contributed by atoms with van der Waals surface area (Å²) < 4.78 is 10.9. The molecule has 4 aromatic rings. The van der Waals surface area contributed by atoms with Crippen LogP contribution in [0.1, 0.15) is 39.4 Å². The average Bonchev–Trinajstić information content (AvgIpc) is 3.52. The number of allylic oxidation sites excluding steroid dienone is 1. The summed E-state index contributed by atoms with van der Waals surface area (Å²) in [6.07, 6.45) is 5.73. The van der Waals surface area contributed by atoms with Crippen LogP contribution in [-0.2, 0) is 22.4 Å². The van der Waals surface area contributed by atoms with Gasteiger partial charge >= 0.3 is 5.97 Å². The topological polar surface area (TPSA) is 81.4 Å².